The zero-order valence-electron chi connectivity index (χ0n) is 11.1. The van der Waals surface area contributed by atoms with Crippen LogP contribution in [-0.2, 0) is 0 Å². The Kier molecular flexibility index (Phi) is 3.48. The molecule has 3 rings (SSSR count). The summed E-state index contributed by atoms with van der Waals surface area (Å²) in [6.07, 6.45) is 1.31. The van der Waals surface area contributed by atoms with E-state index in [9.17, 15) is 14.9 Å². The fourth-order valence-electron chi connectivity index (χ4n) is 2.08. The maximum absolute atomic E-state index is 12.1. The SMILES string of the molecule is O=c1c[n+](-c2ccccc2)[nH]n1-c1ccc(Cl)cc1[N+](=O)[O-]. The van der Waals surface area contributed by atoms with E-state index in [0.717, 1.165) is 10.4 Å². The Labute approximate surface area is 129 Å². The van der Waals surface area contributed by atoms with Gasteiger partial charge in [0.1, 0.15) is 0 Å². The lowest BCUT2D eigenvalue weighted by atomic mass is 10.2. The first kappa shape index (κ1) is 14.0. The van der Waals surface area contributed by atoms with Crippen LogP contribution in [0.1, 0.15) is 0 Å². The Morgan fingerprint density at radius 2 is 1.91 bits per heavy atom. The van der Waals surface area contributed by atoms with Gasteiger partial charge in [0, 0.05) is 11.1 Å². The minimum absolute atomic E-state index is 0.120. The van der Waals surface area contributed by atoms with Crippen LogP contribution in [0.25, 0.3) is 11.4 Å². The van der Waals surface area contributed by atoms with Crippen molar-refractivity contribution >= 4 is 17.3 Å². The van der Waals surface area contributed by atoms with Crippen molar-refractivity contribution in [2.24, 2.45) is 0 Å². The maximum atomic E-state index is 12.1. The second-order valence-corrected chi connectivity index (χ2v) is 4.93. The number of H-pyrrole nitrogens is 1. The predicted molar refractivity (Wildman–Crippen MR) is 79.6 cm³/mol. The topological polar surface area (TPSA) is 84.8 Å². The van der Waals surface area contributed by atoms with E-state index in [-0.39, 0.29) is 16.4 Å². The van der Waals surface area contributed by atoms with E-state index < -0.39 is 10.5 Å². The van der Waals surface area contributed by atoms with Crippen molar-refractivity contribution in [2.75, 3.05) is 0 Å². The summed E-state index contributed by atoms with van der Waals surface area (Å²) >= 11 is 5.78. The first-order valence-corrected chi connectivity index (χ1v) is 6.67. The second-order valence-electron chi connectivity index (χ2n) is 4.50. The summed E-state index contributed by atoms with van der Waals surface area (Å²) in [4.78, 5) is 22.7. The smallest absolute Gasteiger partial charge is 0.258 e. The first-order chi connectivity index (χ1) is 10.6. The minimum atomic E-state index is -0.582. The third kappa shape index (κ3) is 2.49. The molecule has 1 aromatic heterocycles. The molecule has 0 atom stereocenters. The molecule has 0 amide bonds. The summed E-state index contributed by atoms with van der Waals surface area (Å²) in [6.45, 7) is 0. The molecule has 1 heterocycles. The molecule has 0 fully saturated rings. The van der Waals surface area contributed by atoms with Crippen molar-refractivity contribution in [3.05, 3.63) is 80.2 Å². The summed E-state index contributed by atoms with van der Waals surface area (Å²) < 4.78 is 2.59. The Hall–Kier alpha value is -2.93. The highest BCUT2D eigenvalue weighted by molar-refractivity contribution is 6.30. The molecule has 7 nitrogen and oxygen atoms in total. The van der Waals surface area contributed by atoms with E-state index in [4.69, 9.17) is 11.6 Å². The van der Waals surface area contributed by atoms with Gasteiger partial charge >= 0.3 is 11.2 Å². The van der Waals surface area contributed by atoms with Crippen molar-refractivity contribution in [1.29, 1.82) is 0 Å². The van der Waals surface area contributed by atoms with E-state index in [1.807, 2.05) is 18.2 Å². The summed E-state index contributed by atoms with van der Waals surface area (Å²) in [5, 5.41) is 14.2. The number of nitrogens with zero attached hydrogens (tertiary/aromatic N) is 3. The zero-order valence-corrected chi connectivity index (χ0v) is 11.9. The lowest BCUT2D eigenvalue weighted by Gasteiger charge is -1.98. The highest BCUT2D eigenvalue weighted by Crippen LogP contribution is 2.24. The molecule has 8 heteroatoms. The van der Waals surface area contributed by atoms with Crippen LogP contribution in [0.15, 0.2) is 59.5 Å². The molecule has 110 valence electrons. The van der Waals surface area contributed by atoms with Gasteiger partial charge in [-0.25, -0.2) is 4.79 Å². The van der Waals surface area contributed by atoms with Gasteiger partial charge in [0.05, 0.1) is 4.92 Å². The normalized spacial score (nSPS) is 10.6. The molecule has 0 aliphatic heterocycles. The molecule has 0 radical (unpaired) electrons. The molecule has 0 spiro atoms. The number of nitro groups is 1. The molecular formula is C14H10ClN4O3+. The predicted octanol–water partition coefficient (Wildman–Crippen LogP) is 2.00. The van der Waals surface area contributed by atoms with Gasteiger partial charge in [0.15, 0.2) is 5.69 Å². The van der Waals surface area contributed by atoms with Gasteiger partial charge in [-0.05, 0) is 24.3 Å². The van der Waals surface area contributed by atoms with E-state index in [1.165, 1.54) is 29.1 Å². The fourth-order valence-corrected chi connectivity index (χ4v) is 2.25. The number of nitro benzene ring substituents is 1. The third-order valence-electron chi connectivity index (χ3n) is 3.08. The van der Waals surface area contributed by atoms with Crippen LogP contribution in [0, 0.1) is 10.1 Å². The average molecular weight is 318 g/mol. The first-order valence-electron chi connectivity index (χ1n) is 6.30. The molecule has 3 aromatic rings. The van der Waals surface area contributed by atoms with Crippen molar-refractivity contribution in [1.82, 2.24) is 9.90 Å². The fraction of sp³-hybridized carbons (Fsp3) is 0. The molecule has 0 aliphatic carbocycles. The molecular weight excluding hydrogens is 308 g/mol. The van der Waals surface area contributed by atoms with E-state index in [0.29, 0.717) is 0 Å². The highest BCUT2D eigenvalue weighted by atomic mass is 35.5. The quantitative estimate of drug-likeness (QED) is 0.455. The Balaban J connectivity index is 2.17. The monoisotopic (exact) mass is 317 g/mol. The number of nitrogens with one attached hydrogen (secondary N) is 1. The van der Waals surface area contributed by atoms with E-state index >= 15 is 0 Å². The summed E-state index contributed by atoms with van der Waals surface area (Å²) in [6, 6.07) is 13.2. The van der Waals surface area contributed by atoms with Gasteiger partial charge in [-0.2, -0.15) is 0 Å². The maximum Gasteiger partial charge on any atom is 0.399 e. The molecule has 0 saturated carbocycles. The van der Waals surface area contributed by atoms with Gasteiger partial charge in [-0.1, -0.05) is 39.7 Å². The van der Waals surface area contributed by atoms with Crippen LogP contribution in [0.2, 0.25) is 5.02 Å². The number of aromatic nitrogens is 3. The number of para-hydroxylation sites is 1. The zero-order chi connectivity index (χ0) is 15.7. The highest BCUT2D eigenvalue weighted by Gasteiger charge is 2.24. The Morgan fingerprint density at radius 3 is 2.59 bits per heavy atom. The van der Waals surface area contributed by atoms with Crippen LogP contribution < -0.4 is 10.2 Å². The van der Waals surface area contributed by atoms with Crippen molar-refractivity contribution < 1.29 is 9.61 Å². The molecule has 0 bridgehead atoms. The van der Waals surface area contributed by atoms with Crippen LogP contribution in [-0.4, -0.2) is 14.8 Å². The van der Waals surface area contributed by atoms with E-state index in [2.05, 4.69) is 5.21 Å². The molecule has 0 saturated heterocycles. The third-order valence-corrected chi connectivity index (χ3v) is 3.31. The summed E-state index contributed by atoms with van der Waals surface area (Å²) in [5.41, 5.74) is 0.176. The van der Waals surface area contributed by atoms with Crippen LogP contribution in [0.5, 0.6) is 0 Å². The minimum Gasteiger partial charge on any atom is -0.258 e. The van der Waals surface area contributed by atoms with E-state index in [1.54, 1.807) is 12.1 Å². The number of halogens is 1. The Bertz CT molecular complexity index is 902. The van der Waals surface area contributed by atoms with Crippen molar-refractivity contribution in [2.45, 2.75) is 0 Å². The average Bonchev–Trinajstić information content (AvgIpc) is 2.90. The van der Waals surface area contributed by atoms with Gasteiger partial charge in [0.2, 0.25) is 11.9 Å². The number of benzene rings is 2. The van der Waals surface area contributed by atoms with Crippen molar-refractivity contribution in [3.63, 3.8) is 0 Å². The van der Waals surface area contributed by atoms with Crippen LogP contribution in [0.4, 0.5) is 5.69 Å². The molecule has 1 N–H and O–H groups in total. The molecule has 2 aromatic carbocycles. The van der Waals surface area contributed by atoms with Crippen LogP contribution in [0.3, 0.4) is 0 Å². The Morgan fingerprint density at radius 1 is 1.18 bits per heavy atom. The number of rotatable bonds is 3. The van der Waals surface area contributed by atoms with Crippen molar-refractivity contribution in [3.8, 4) is 11.4 Å². The lowest BCUT2D eigenvalue weighted by molar-refractivity contribution is -0.661. The summed E-state index contributed by atoms with van der Waals surface area (Å²) in [5.74, 6) is 0. The molecule has 0 unspecified atom stereocenters. The van der Waals surface area contributed by atoms with Gasteiger partial charge in [-0.3, -0.25) is 10.1 Å². The van der Waals surface area contributed by atoms with Gasteiger partial charge in [0.25, 0.3) is 0 Å². The number of hydrogen-bond acceptors (Lipinski definition) is 3. The number of hydrogen-bond donors (Lipinski definition) is 1. The van der Waals surface area contributed by atoms with Gasteiger partial charge < -0.3 is 0 Å². The molecule has 22 heavy (non-hydrogen) atoms. The largest absolute Gasteiger partial charge is 0.399 e. The standard InChI is InChI=1S/C14H9ClN4O3/c15-10-6-7-12(13(8-10)19(21)22)18-14(20)9-17(16-18)11-4-2-1-3-5-11/h1-9H/p+1. The summed E-state index contributed by atoms with van der Waals surface area (Å²) in [7, 11) is 0. The van der Waals surface area contributed by atoms with Crippen LogP contribution >= 0.6 is 11.6 Å². The second kappa shape index (κ2) is 5.45. The van der Waals surface area contributed by atoms with Gasteiger partial charge in [-0.15, -0.1) is 4.68 Å². The molecule has 0 aliphatic rings. The number of aromatic amines is 1. The lowest BCUT2D eigenvalue weighted by Crippen LogP contribution is -2.32.